The molecule has 0 spiro atoms. The van der Waals surface area contributed by atoms with Crippen LogP contribution in [0.4, 0.5) is 8.78 Å². The standard InChI is InChI=1S/C16H12F2O2/c17-12-5-6-13(18)11(7-12)8-14(19)16-9-10-3-1-2-4-15(10)20-16/h1-7,9,14,19H,8H2. The maximum atomic E-state index is 13.5. The molecule has 0 aliphatic heterocycles. The van der Waals surface area contributed by atoms with Crippen LogP contribution in [0.1, 0.15) is 17.4 Å². The Hall–Kier alpha value is -2.20. The van der Waals surface area contributed by atoms with Gasteiger partial charge in [-0.05, 0) is 35.9 Å². The van der Waals surface area contributed by atoms with Gasteiger partial charge in [0.25, 0.3) is 0 Å². The lowest BCUT2D eigenvalue weighted by Crippen LogP contribution is -2.03. The Bertz CT molecular complexity index is 716. The number of para-hydroxylation sites is 1. The molecule has 4 heteroatoms. The predicted molar refractivity (Wildman–Crippen MR) is 71.2 cm³/mol. The van der Waals surface area contributed by atoms with Gasteiger partial charge in [0, 0.05) is 11.8 Å². The van der Waals surface area contributed by atoms with E-state index >= 15 is 0 Å². The highest BCUT2D eigenvalue weighted by atomic mass is 19.1. The molecule has 102 valence electrons. The Kier molecular flexibility index (Phi) is 3.24. The number of aliphatic hydroxyl groups excluding tert-OH is 1. The highest BCUT2D eigenvalue weighted by Gasteiger charge is 2.16. The lowest BCUT2D eigenvalue weighted by molar-refractivity contribution is 0.151. The minimum atomic E-state index is -1.02. The van der Waals surface area contributed by atoms with Crippen LogP contribution in [0.15, 0.2) is 52.9 Å². The fourth-order valence-corrected chi connectivity index (χ4v) is 2.18. The van der Waals surface area contributed by atoms with Crippen LogP contribution < -0.4 is 0 Å². The number of rotatable bonds is 3. The largest absolute Gasteiger partial charge is 0.458 e. The van der Waals surface area contributed by atoms with E-state index in [1.807, 2.05) is 18.2 Å². The third kappa shape index (κ3) is 2.42. The molecule has 20 heavy (non-hydrogen) atoms. The smallest absolute Gasteiger partial charge is 0.134 e. The minimum Gasteiger partial charge on any atom is -0.458 e. The van der Waals surface area contributed by atoms with Gasteiger partial charge in [0.05, 0.1) is 0 Å². The first-order valence-electron chi connectivity index (χ1n) is 6.24. The zero-order valence-electron chi connectivity index (χ0n) is 10.5. The first-order valence-corrected chi connectivity index (χ1v) is 6.24. The van der Waals surface area contributed by atoms with Crippen LogP contribution >= 0.6 is 0 Å². The molecular weight excluding hydrogens is 262 g/mol. The number of furan rings is 1. The van der Waals surface area contributed by atoms with Crippen LogP contribution in [0.3, 0.4) is 0 Å². The van der Waals surface area contributed by atoms with Gasteiger partial charge in [0.1, 0.15) is 29.1 Å². The average molecular weight is 274 g/mol. The van der Waals surface area contributed by atoms with Crippen molar-refractivity contribution in [3.05, 3.63) is 71.5 Å². The highest BCUT2D eigenvalue weighted by molar-refractivity contribution is 5.77. The van der Waals surface area contributed by atoms with Gasteiger partial charge in [-0.1, -0.05) is 18.2 Å². The van der Waals surface area contributed by atoms with E-state index in [1.54, 1.807) is 12.1 Å². The third-order valence-electron chi connectivity index (χ3n) is 3.19. The molecule has 3 aromatic rings. The van der Waals surface area contributed by atoms with Crippen LogP contribution in [0.25, 0.3) is 11.0 Å². The maximum absolute atomic E-state index is 13.5. The number of halogens is 2. The molecule has 1 N–H and O–H groups in total. The van der Waals surface area contributed by atoms with Crippen LogP contribution in [0.5, 0.6) is 0 Å². The minimum absolute atomic E-state index is 0.0383. The van der Waals surface area contributed by atoms with E-state index in [-0.39, 0.29) is 12.0 Å². The van der Waals surface area contributed by atoms with E-state index < -0.39 is 17.7 Å². The topological polar surface area (TPSA) is 33.4 Å². The lowest BCUT2D eigenvalue weighted by Gasteiger charge is -2.08. The van der Waals surface area contributed by atoms with Gasteiger partial charge in [-0.3, -0.25) is 0 Å². The SMILES string of the molecule is OC(Cc1cc(F)ccc1F)c1cc2ccccc2o1. The first-order chi connectivity index (χ1) is 9.63. The Morgan fingerprint density at radius 3 is 2.65 bits per heavy atom. The van der Waals surface area contributed by atoms with Crippen LogP contribution in [0.2, 0.25) is 0 Å². The van der Waals surface area contributed by atoms with E-state index in [9.17, 15) is 13.9 Å². The number of fused-ring (bicyclic) bond motifs is 1. The molecular formula is C16H12F2O2. The molecule has 0 fully saturated rings. The molecule has 0 aliphatic carbocycles. The van der Waals surface area contributed by atoms with Crippen molar-refractivity contribution in [3.8, 4) is 0 Å². The summed E-state index contributed by atoms with van der Waals surface area (Å²) in [6.07, 6.45) is -1.05. The Balaban J connectivity index is 1.88. The maximum Gasteiger partial charge on any atom is 0.134 e. The van der Waals surface area contributed by atoms with Crippen molar-refractivity contribution >= 4 is 11.0 Å². The van der Waals surface area contributed by atoms with Crippen LogP contribution in [-0.4, -0.2) is 5.11 Å². The van der Waals surface area contributed by atoms with Crippen molar-refractivity contribution in [3.63, 3.8) is 0 Å². The van der Waals surface area contributed by atoms with Gasteiger partial charge in [-0.2, -0.15) is 0 Å². The molecule has 0 radical (unpaired) electrons. The second-order valence-corrected chi connectivity index (χ2v) is 4.64. The molecule has 0 aliphatic rings. The number of hydrogen-bond donors (Lipinski definition) is 1. The molecule has 0 saturated heterocycles. The number of benzene rings is 2. The first kappa shape index (κ1) is 12.8. The summed E-state index contributed by atoms with van der Waals surface area (Å²) in [5.74, 6) is -0.727. The van der Waals surface area contributed by atoms with Crippen molar-refractivity contribution in [2.75, 3.05) is 0 Å². The van der Waals surface area contributed by atoms with E-state index in [0.29, 0.717) is 11.3 Å². The summed E-state index contributed by atoms with van der Waals surface area (Å²) in [5.41, 5.74) is 0.777. The van der Waals surface area contributed by atoms with Gasteiger partial charge in [0.2, 0.25) is 0 Å². The van der Waals surface area contributed by atoms with Crippen LogP contribution in [-0.2, 0) is 6.42 Å². The molecule has 0 bridgehead atoms. The summed E-state index contributed by atoms with van der Waals surface area (Å²) >= 11 is 0. The van der Waals surface area contributed by atoms with Gasteiger partial charge >= 0.3 is 0 Å². The van der Waals surface area contributed by atoms with E-state index in [1.165, 1.54) is 0 Å². The Labute approximate surface area is 114 Å². The summed E-state index contributed by atoms with van der Waals surface area (Å²) < 4.78 is 32.1. The predicted octanol–water partition coefficient (Wildman–Crippen LogP) is 3.99. The van der Waals surface area contributed by atoms with Crippen molar-refractivity contribution < 1.29 is 18.3 Å². The van der Waals surface area contributed by atoms with Crippen molar-refractivity contribution in [1.82, 2.24) is 0 Å². The lowest BCUT2D eigenvalue weighted by atomic mass is 10.1. The summed E-state index contributed by atoms with van der Waals surface area (Å²) in [6, 6.07) is 12.2. The van der Waals surface area contributed by atoms with Crippen molar-refractivity contribution in [2.24, 2.45) is 0 Å². The van der Waals surface area contributed by atoms with Gasteiger partial charge < -0.3 is 9.52 Å². The fraction of sp³-hybridized carbons (Fsp3) is 0.125. The van der Waals surface area contributed by atoms with E-state index in [2.05, 4.69) is 0 Å². The van der Waals surface area contributed by atoms with Crippen molar-refractivity contribution in [1.29, 1.82) is 0 Å². The number of aliphatic hydroxyl groups is 1. The van der Waals surface area contributed by atoms with Gasteiger partial charge in [-0.25, -0.2) is 8.78 Å². The highest BCUT2D eigenvalue weighted by Crippen LogP contribution is 2.26. The molecule has 2 nitrogen and oxygen atoms in total. The molecule has 3 rings (SSSR count). The molecule has 0 saturated carbocycles. The summed E-state index contributed by atoms with van der Waals surface area (Å²) in [5, 5.41) is 11.0. The van der Waals surface area contributed by atoms with Crippen molar-refractivity contribution in [2.45, 2.75) is 12.5 Å². The second-order valence-electron chi connectivity index (χ2n) is 4.64. The third-order valence-corrected chi connectivity index (χ3v) is 3.19. The Morgan fingerprint density at radius 2 is 1.85 bits per heavy atom. The molecule has 1 unspecified atom stereocenters. The second kappa shape index (κ2) is 5.06. The summed E-state index contributed by atoms with van der Waals surface area (Å²) in [7, 11) is 0. The van der Waals surface area contributed by atoms with E-state index in [4.69, 9.17) is 4.42 Å². The fourth-order valence-electron chi connectivity index (χ4n) is 2.18. The zero-order chi connectivity index (χ0) is 14.1. The monoisotopic (exact) mass is 274 g/mol. The van der Waals surface area contributed by atoms with Gasteiger partial charge in [0.15, 0.2) is 0 Å². The molecule has 0 amide bonds. The zero-order valence-corrected chi connectivity index (χ0v) is 10.5. The number of hydrogen-bond acceptors (Lipinski definition) is 2. The summed E-state index contributed by atoms with van der Waals surface area (Å²) in [4.78, 5) is 0. The van der Waals surface area contributed by atoms with E-state index in [0.717, 1.165) is 23.6 Å². The molecule has 2 aromatic carbocycles. The molecule has 1 heterocycles. The molecule has 1 aromatic heterocycles. The molecule has 1 atom stereocenters. The summed E-state index contributed by atoms with van der Waals surface area (Å²) in [6.45, 7) is 0. The van der Waals surface area contributed by atoms with Crippen LogP contribution in [0, 0.1) is 11.6 Å². The normalized spacial score (nSPS) is 12.8. The quantitative estimate of drug-likeness (QED) is 0.783. The van der Waals surface area contributed by atoms with Gasteiger partial charge in [-0.15, -0.1) is 0 Å². The average Bonchev–Trinajstić information content (AvgIpc) is 2.87. The Morgan fingerprint density at radius 1 is 1.05 bits per heavy atom.